The summed E-state index contributed by atoms with van der Waals surface area (Å²) in [6.07, 6.45) is -10.1. The van der Waals surface area contributed by atoms with Gasteiger partial charge in [-0.3, -0.25) is 4.98 Å². The maximum Gasteiger partial charge on any atom is 0.573 e. The minimum atomic E-state index is -5.28. The minimum absolute atomic E-state index is 0.287. The molecule has 1 heterocycles. The first kappa shape index (κ1) is 14.4. The number of aromatic nitrogens is 1. The van der Waals surface area contributed by atoms with Gasteiger partial charge < -0.3 is 16.2 Å². The van der Waals surface area contributed by atoms with Gasteiger partial charge in [-0.25, -0.2) is 0 Å². The van der Waals surface area contributed by atoms with Crippen LogP contribution in [0.25, 0.3) is 0 Å². The Bertz CT molecular complexity index is 442. The predicted molar refractivity (Wildman–Crippen MR) is 48.2 cm³/mol. The lowest BCUT2D eigenvalue weighted by atomic mass is 10.1. The van der Waals surface area contributed by atoms with E-state index in [0.717, 1.165) is 0 Å². The number of hydrogen-bond donors (Lipinski definition) is 2. The maximum absolute atomic E-state index is 12.6. The highest BCUT2D eigenvalue weighted by molar-refractivity contribution is 5.58. The molecule has 0 radical (unpaired) electrons. The molecule has 0 saturated carbocycles. The molecule has 0 saturated heterocycles. The molecule has 0 fully saturated rings. The third-order valence-corrected chi connectivity index (χ3v) is 1.87. The van der Waals surface area contributed by atoms with Crippen LogP contribution in [0.3, 0.4) is 0 Å². The highest BCUT2D eigenvalue weighted by Crippen LogP contribution is 2.42. The average molecular weight is 275 g/mol. The Hall–Kier alpha value is -1.71. The summed E-state index contributed by atoms with van der Waals surface area (Å²) in [5.74, 6) is -1.51. The molecule has 1 aromatic heterocycles. The predicted octanol–water partition coefficient (Wildman–Crippen LogP) is 2.04. The number of hydrogen-bond acceptors (Lipinski definition) is 4. The molecule has 0 aliphatic rings. The normalized spacial score (nSPS) is 12.6. The fourth-order valence-electron chi connectivity index (χ4n) is 1.20. The maximum atomic E-state index is 12.6. The van der Waals surface area contributed by atoms with E-state index in [2.05, 4.69) is 9.72 Å². The summed E-state index contributed by atoms with van der Waals surface area (Å²) < 4.78 is 76.9. The van der Waals surface area contributed by atoms with Crippen molar-refractivity contribution in [3.8, 4) is 5.75 Å². The standard InChI is InChI=1S/C8H7F6N3O/c9-7(10,11)5-4(18-8(12,13)14)2-17-3(1-15)6(5)16/h2H,1,15-16H2. The lowest BCUT2D eigenvalue weighted by molar-refractivity contribution is -0.276. The Balaban J connectivity index is 3.39. The van der Waals surface area contributed by atoms with Gasteiger partial charge in [0.2, 0.25) is 0 Å². The monoisotopic (exact) mass is 275 g/mol. The van der Waals surface area contributed by atoms with Gasteiger partial charge in [-0.05, 0) is 0 Å². The molecule has 0 unspecified atom stereocenters. The Labute approximate surface area is 96.5 Å². The average Bonchev–Trinajstić information content (AvgIpc) is 2.13. The van der Waals surface area contributed by atoms with E-state index in [-0.39, 0.29) is 11.9 Å². The third kappa shape index (κ3) is 3.15. The van der Waals surface area contributed by atoms with E-state index in [9.17, 15) is 26.3 Å². The van der Waals surface area contributed by atoms with E-state index in [1.165, 1.54) is 0 Å². The second kappa shape index (κ2) is 4.52. The molecule has 0 spiro atoms. The lowest BCUT2D eigenvalue weighted by Crippen LogP contribution is -2.22. The van der Waals surface area contributed by atoms with Crippen LogP contribution in [0.4, 0.5) is 32.0 Å². The van der Waals surface area contributed by atoms with Crippen molar-refractivity contribution in [1.82, 2.24) is 4.98 Å². The van der Waals surface area contributed by atoms with Gasteiger partial charge in [-0.1, -0.05) is 0 Å². The van der Waals surface area contributed by atoms with Gasteiger partial charge in [0.1, 0.15) is 5.56 Å². The Morgan fingerprint density at radius 1 is 1.17 bits per heavy atom. The van der Waals surface area contributed by atoms with Crippen molar-refractivity contribution in [3.05, 3.63) is 17.5 Å². The number of nitrogens with two attached hydrogens (primary N) is 2. The van der Waals surface area contributed by atoms with Crippen LogP contribution in [0, 0.1) is 0 Å². The van der Waals surface area contributed by atoms with Crippen LogP contribution in [-0.4, -0.2) is 11.3 Å². The molecular formula is C8H7F6N3O. The summed E-state index contributed by atoms with van der Waals surface area (Å²) in [5, 5.41) is 0. The van der Waals surface area contributed by atoms with Crippen LogP contribution in [0.15, 0.2) is 6.20 Å². The van der Waals surface area contributed by atoms with Crippen LogP contribution in [-0.2, 0) is 12.7 Å². The largest absolute Gasteiger partial charge is 0.573 e. The Morgan fingerprint density at radius 2 is 1.72 bits per heavy atom. The van der Waals surface area contributed by atoms with Gasteiger partial charge in [0.25, 0.3) is 0 Å². The number of anilines is 1. The molecule has 0 aliphatic heterocycles. The molecule has 0 atom stereocenters. The number of nitrogen functional groups attached to an aromatic ring is 1. The van der Waals surface area contributed by atoms with Gasteiger partial charge in [0.15, 0.2) is 5.75 Å². The van der Waals surface area contributed by atoms with Crippen LogP contribution in [0.5, 0.6) is 5.75 Å². The van der Waals surface area contributed by atoms with Crippen molar-refractivity contribution in [2.45, 2.75) is 19.1 Å². The highest BCUT2D eigenvalue weighted by atomic mass is 19.4. The van der Waals surface area contributed by atoms with Crippen molar-refractivity contribution >= 4 is 5.69 Å². The topological polar surface area (TPSA) is 74.2 Å². The molecule has 0 aromatic carbocycles. The van der Waals surface area contributed by atoms with Crippen molar-refractivity contribution in [2.75, 3.05) is 5.73 Å². The molecule has 4 nitrogen and oxygen atoms in total. The summed E-state index contributed by atoms with van der Waals surface area (Å²) in [7, 11) is 0. The number of halogens is 6. The molecule has 0 bridgehead atoms. The quantitative estimate of drug-likeness (QED) is 0.810. The number of ether oxygens (including phenoxy) is 1. The fourth-order valence-corrected chi connectivity index (χ4v) is 1.20. The lowest BCUT2D eigenvalue weighted by Gasteiger charge is -2.18. The molecule has 1 aromatic rings. The van der Waals surface area contributed by atoms with E-state index in [1.807, 2.05) is 0 Å². The summed E-state index contributed by atoms with van der Waals surface area (Å²) in [4.78, 5) is 3.28. The zero-order valence-corrected chi connectivity index (χ0v) is 8.56. The fraction of sp³-hybridized carbons (Fsp3) is 0.375. The van der Waals surface area contributed by atoms with Crippen LogP contribution in [0.2, 0.25) is 0 Å². The van der Waals surface area contributed by atoms with Crippen molar-refractivity contribution in [1.29, 1.82) is 0 Å². The van der Waals surface area contributed by atoms with Crippen molar-refractivity contribution in [3.63, 3.8) is 0 Å². The molecule has 0 amide bonds. The number of pyridine rings is 1. The number of rotatable bonds is 2. The van der Waals surface area contributed by atoms with Crippen LogP contribution >= 0.6 is 0 Å². The highest BCUT2D eigenvalue weighted by Gasteiger charge is 2.42. The number of alkyl halides is 6. The Kier molecular flexibility index (Phi) is 3.60. The van der Waals surface area contributed by atoms with Gasteiger partial charge in [-0.2, -0.15) is 13.2 Å². The third-order valence-electron chi connectivity index (χ3n) is 1.87. The van der Waals surface area contributed by atoms with Gasteiger partial charge in [-0.15, -0.1) is 13.2 Å². The van der Waals surface area contributed by atoms with E-state index in [4.69, 9.17) is 11.5 Å². The first-order valence-electron chi connectivity index (χ1n) is 4.36. The van der Waals surface area contributed by atoms with Gasteiger partial charge in [0.05, 0.1) is 17.6 Å². The second-order valence-electron chi connectivity index (χ2n) is 3.11. The molecular weight excluding hydrogens is 268 g/mol. The van der Waals surface area contributed by atoms with Crippen molar-refractivity contribution < 1.29 is 31.1 Å². The Morgan fingerprint density at radius 3 is 2.11 bits per heavy atom. The zero-order valence-electron chi connectivity index (χ0n) is 8.56. The van der Waals surface area contributed by atoms with E-state index in [1.54, 1.807) is 0 Å². The summed E-state index contributed by atoms with van der Waals surface area (Å²) >= 11 is 0. The smallest absolute Gasteiger partial charge is 0.403 e. The summed E-state index contributed by atoms with van der Waals surface area (Å²) in [6.45, 7) is -0.443. The zero-order chi connectivity index (χ0) is 14.1. The van der Waals surface area contributed by atoms with E-state index in [0.29, 0.717) is 0 Å². The first-order valence-corrected chi connectivity index (χ1v) is 4.36. The molecule has 0 aliphatic carbocycles. The molecule has 18 heavy (non-hydrogen) atoms. The molecule has 10 heteroatoms. The van der Waals surface area contributed by atoms with E-state index < -0.39 is 36.1 Å². The second-order valence-corrected chi connectivity index (χ2v) is 3.11. The van der Waals surface area contributed by atoms with Crippen LogP contribution < -0.4 is 16.2 Å². The first-order chi connectivity index (χ1) is 8.06. The molecule has 102 valence electrons. The van der Waals surface area contributed by atoms with Crippen LogP contribution in [0.1, 0.15) is 11.3 Å². The van der Waals surface area contributed by atoms with Gasteiger partial charge >= 0.3 is 12.5 Å². The number of nitrogens with zero attached hydrogens (tertiary/aromatic N) is 1. The summed E-state index contributed by atoms with van der Waals surface area (Å²) in [6, 6.07) is 0. The van der Waals surface area contributed by atoms with Gasteiger partial charge in [0, 0.05) is 6.54 Å². The minimum Gasteiger partial charge on any atom is -0.403 e. The SMILES string of the molecule is NCc1ncc(OC(F)(F)F)c(C(F)(F)F)c1N. The van der Waals surface area contributed by atoms with E-state index >= 15 is 0 Å². The summed E-state index contributed by atoms with van der Waals surface area (Å²) in [5.41, 5.74) is 7.07. The molecule has 4 N–H and O–H groups in total. The van der Waals surface area contributed by atoms with Crippen molar-refractivity contribution in [2.24, 2.45) is 5.73 Å². The molecule has 1 rings (SSSR count).